The first-order valence-corrected chi connectivity index (χ1v) is 10.2. The largest absolute Gasteiger partial charge is 0.421 e. The van der Waals surface area contributed by atoms with Gasteiger partial charge in [-0.25, -0.2) is 4.57 Å². The predicted molar refractivity (Wildman–Crippen MR) is 100.0 cm³/mol. The highest BCUT2D eigenvalue weighted by Gasteiger charge is 2.24. The molecule has 0 aliphatic rings. The van der Waals surface area contributed by atoms with Crippen molar-refractivity contribution in [2.75, 3.05) is 0 Å². The summed E-state index contributed by atoms with van der Waals surface area (Å²) in [6.45, 7) is 4.51. The monoisotopic (exact) mass is 346 g/mol. The molecule has 0 heterocycles. The van der Waals surface area contributed by atoms with E-state index in [0.717, 1.165) is 18.8 Å². The number of hydrogen-bond donors (Lipinski definition) is 1. The molecule has 1 unspecified atom stereocenters. The number of para-hydroxylation sites is 1. The van der Waals surface area contributed by atoms with E-state index < -0.39 is 7.60 Å². The second-order valence-corrected chi connectivity index (χ2v) is 8.32. The van der Waals surface area contributed by atoms with Gasteiger partial charge in [-0.2, -0.15) is 0 Å². The van der Waals surface area contributed by atoms with E-state index in [1.807, 2.05) is 18.2 Å². The van der Waals surface area contributed by atoms with E-state index in [2.05, 4.69) is 13.8 Å². The minimum absolute atomic E-state index is 0.329. The molecule has 3 nitrogen and oxygen atoms in total. The molecule has 2 rings (SSSR count). The quantitative estimate of drug-likeness (QED) is 0.493. The highest BCUT2D eigenvalue weighted by Crippen LogP contribution is 2.41. The van der Waals surface area contributed by atoms with Crippen molar-refractivity contribution in [3.05, 3.63) is 60.2 Å². The maximum atomic E-state index is 12.4. The van der Waals surface area contributed by atoms with Crippen LogP contribution in [0.25, 0.3) is 0 Å². The van der Waals surface area contributed by atoms with Crippen LogP contribution >= 0.6 is 7.60 Å². The lowest BCUT2D eigenvalue weighted by molar-refractivity contribution is 0.393. The van der Waals surface area contributed by atoms with Gasteiger partial charge in [-0.05, 0) is 48.6 Å². The number of unbranched alkanes of at least 4 members (excludes halogenated alkanes) is 2. The number of rotatable bonds is 9. The topological polar surface area (TPSA) is 46.5 Å². The van der Waals surface area contributed by atoms with Crippen LogP contribution < -0.4 is 9.83 Å². The van der Waals surface area contributed by atoms with Crippen LogP contribution in [0.4, 0.5) is 0 Å². The van der Waals surface area contributed by atoms with Crippen molar-refractivity contribution in [2.24, 2.45) is 5.92 Å². The second-order valence-electron chi connectivity index (χ2n) is 6.58. The van der Waals surface area contributed by atoms with Crippen molar-refractivity contribution in [3.8, 4) is 5.75 Å². The number of aryl methyl sites for hydroxylation is 1. The van der Waals surface area contributed by atoms with Crippen molar-refractivity contribution in [3.63, 3.8) is 0 Å². The highest BCUT2D eigenvalue weighted by atomic mass is 31.2. The Labute approximate surface area is 145 Å². The van der Waals surface area contributed by atoms with Gasteiger partial charge in [-0.3, -0.25) is 0 Å². The predicted octanol–water partition coefficient (Wildman–Crippen LogP) is 5.34. The third kappa shape index (κ3) is 6.14. The van der Waals surface area contributed by atoms with Gasteiger partial charge in [0.15, 0.2) is 0 Å². The Morgan fingerprint density at radius 3 is 2.25 bits per heavy atom. The van der Waals surface area contributed by atoms with E-state index in [0.29, 0.717) is 11.1 Å². The Balaban J connectivity index is 1.87. The Kier molecular flexibility index (Phi) is 7.08. The van der Waals surface area contributed by atoms with Crippen LogP contribution in [-0.2, 0) is 11.0 Å². The molecule has 0 saturated heterocycles. The molecule has 0 radical (unpaired) electrons. The van der Waals surface area contributed by atoms with Crippen LogP contribution in [0.5, 0.6) is 5.75 Å². The number of hydrogen-bond acceptors (Lipinski definition) is 2. The van der Waals surface area contributed by atoms with Crippen molar-refractivity contribution in [2.45, 2.75) is 46.0 Å². The van der Waals surface area contributed by atoms with E-state index in [-0.39, 0.29) is 0 Å². The van der Waals surface area contributed by atoms with Crippen LogP contribution in [0.1, 0.15) is 45.1 Å². The Bertz CT molecular complexity index is 650. The Morgan fingerprint density at radius 1 is 0.958 bits per heavy atom. The van der Waals surface area contributed by atoms with Gasteiger partial charge in [-0.1, -0.05) is 63.4 Å². The summed E-state index contributed by atoms with van der Waals surface area (Å²) in [7, 11) is -3.83. The zero-order chi connectivity index (χ0) is 17.4. The summed E-state index contributed by atoms with van der Waals surface area (Å²) >= 11 is 0. The minimum Gasteiger partial charge on any atom is -0.421 e. The lowest BCUT2D eigenvalue weighted by Gasteiger charge is -2.14. The SMILES string of the molecule is CC(C)CCCCCc1ccc(P(=O)(O)Oc2ccccc2)cc1. The minimum atomic E-state index is -3.83. The molecule has 24 heavy (non-hydrogen) atoms. The molecule has 0 spiro atoms. The molecule has 0 fully saturated rings. The van der Waals surface area contributed by atoms with Gasteiger partial charge in [0.05, 0.1) is 5.30 Å². The first-order chi connectivity index (χ1) is 11.5. The average Bonchev–Trinajstić information content (AvgIpc) is 2.55. The maximum absolute atomic E-state index is 12.4. The van der Waals surface area contributed by atoms with Gasteiger partial charge in [0.25, 0.3) is 0 Å². The van der Waals surface area contributed by atoms with Crippen LogP contribution in [-0.4, -0.2) is 4.89 Å². The molecule has 130 valence electrons. The molecule has 2 aromatic carbocycles. The Morgan fingerprint density at radius 2 is 1.62 bits per heavy atom. The summed E-state index contributed by atoms with van der Waals surface area (Å²) in [6, 6.07) is 16.0. The van der Waals surface area contributed by atoms with Crippen molar-refractivity contribution < 1.29 is 14.0 Å². The van der Waals surface area contributed by atoms with E-state index in [1.165, 1.54) is 24.8 Å². The van der Waals surface area contributed by atoms with Crippen LogP contribution in [0.3, 0.4) is 0 Å². The normalized spacial score (nSPS) is 13.7. The summed E-state index contributed by atoms with van der Waals surface area (Å²) in [5.41, 5.74) is 1.20. The molecule has 0 amide bonds. The molecule has 0 bridgehead atoms. The van der Waals surface area contributed by atoms with Crippen LogP contribution in [0.15, 0.2) is 54.6 Å². The molecular weight excluding hydrogens is 319 g/mol. The van der Waals surface area contributed by atoms with Gasteiger partial charge in [-0.15, -0.1) is 0 Å². The van der Waals surface area contributed by atoms with Crippen molar-refractivity contribution >= 4 is 12.9 Å². The first-order valence-electron chi connectivity index (χ1n) is 8.64. The summed E-state index contributed by atoms with van der Waals surface area (Å²) < 4.78 is 17.7. The third-order valence-corrected chi connectivity index (χ3v) is 5.39. The van der Waals surface area contributed by atoms with Crippen LogP contribution in [0.2, 0.25) is 0 Å². The van der Waals surface area contributed by atoms with Crippen molar-refractivity contribution in [1.29, 1.82) is 0 Å². The molecule has 0 aliphatic heterocycles. The molecule has 0 saturated carbocycles. The third-order valence-electron chi connectivity index (χ3n) is 3.98. The van der Waals surface area contributed by atoms with E-state index in [1.54, 1.807) is 36.4 Å². The average molecular weight is 346 g/mol. The zero-order valence-electron chi connectivity index (χ0n) is 14.5. The van der Waals surface area contributed by atoms with Gasteiger partial charge >= 0.3 is 7.60 Å². The molecular formula is C20H27O3P. The van der Waals surface area contributed by atoms with E-state index in [4.69, 9.17) is 4.52 Å². The molecule has 1 N–H and O–H groups in total. The summed E-state index contributed by atoms with van der Waals surface area (Å²) in [4.78, 5) is 10.2. The first kappa shape index (κ1) is 18.8. The maximum Gasteiger partial charge on any atom is 0.408 e. The summed E-state index contributed by atoms with van der Waals surface area (Å²) in [5, 5.41) is 0.329. The van der Waals surface area contributed by atoms with Gasteiger partial charge in [0.2, 0.25) is 0 Å². The number of benzene rings is 2. The fourth-order valence-corrected chi connectivity index (χ4v) is 3.63. The molecule has 1 atom stereocenters. The fourth-order valence-electron chi connectivity index (χ4n) is 2.59. The highest BCUT2D eigenvalue weighted by molar-refractivity contribution is 7.61. The molecule has 2 aromatic rings. The van der Waals surface area contributed by atoms with Gasteiger partial charge < -0.3 is 9.42 Å². The summed E-state index contributed by atoms with van der Waals surface area (Å²) in [5.74, 6) is 1.17. The zero-order valence-corrected chi connectivity index (χ0v) is 15.4. The van der Waals surface area contributed by atoms with E-state index in [9.17, 15) is 9.46 Å². The van der Waals surface area contributed by atoms with Gasteiger partial charge in [0, 0.05) is 0 Å². The second kappa shape index (κ2) is 9.05. The lowest BCUT2D eigenvalue weighted by Crippen LogP contribution is -2.09. The fraction of sp³-hybridized carbons (Fsp3) is 0.400. The Hall–Kier alpha value is -1.57. The molecule has 4 heteroatoms. The summed E-state index contributed by atoms with van der Waals surface area (Å²) in [6.07, 6.45) is 5.95. The van der Waals surface area contributed by atoms with Crippen molar-refractivity contribution in [1.82, 2.24) is 0 Å². The van der Waals surface area contributed by atoms with Gasteiger partial charge in [0.1, 0.15) is 5.75 Å². The standard InChI is InChI=1S/C20H27O3P/c1-17(2)9-5-3-6-10-18-13-15-20(16-14-18)24(21,22)23-19-11-7-4-8-12-19/h4,7-8,11-17H,3,5-6,9-10H2,1-2H3,(H,21,22). The van der Waals surface area contributed by atoms with Crippen LogP contribution in [0, 0.1) is 5.92 Å². The van der Waals surface area contributed by atoms with E-state index >= 15 is 0 Å². The molecule has 0 aromatic heterocycles. The molecule has 0 aliphatic carbocycles. The lowest BCUT2D eigenvalue weighted by atomic mass is 10.0. The smallest absolute Gasteiger partial charge is 0.408 e.